The highest BCUT2D eigenvalue weighted by Crippen LogP contribution is 2.40. The fourth-order valence-corrected chi connectivity index (χ4v) is 2.83. The van der Waals surface area contributed by atoms with E-state index in [2.05, 4.69) is 0 Å². The average Bonchev–Trinajstić information content (AvgIpc) is 3.01. The first-order chi connectivity index (χ1) is 10.2. The molecule has 0 radical (unpaired) electrons. The maximum Gasteiger partial charge on any atom is 0.257 e. The Morgan fingerprint density at radius 1 is 1.24 bits per heavy atom. The van der Waals surface area contributed by atoms with Gasteiger partial charge in [-0.3, -0.25) is 4.79 Å². The number of nitrogens with zero attached hydrogens (tertiary/aromatic N) is 1. The number of methoxy groups -OCH3 is 3. The van der Waals surface area contributed by atoms with Gasteiger partial charge in [0.15, 0.2) is 11.5 Å². The van der Waals surface area contributed by atoms with Gasteiger partial charge in [0.25, 0.3) is 5.91 Å². The van der Waals surface area contributed by atoms with Crippen molar-refractivity contribution in [1.29, 1.82) is 0 Å². The molecule has 0 aliphatic carbocycles. The minimum absolute atomic E-state index is 0.0691. The minimum Gasteiger partial charge on any atom is -0.493 e. The molecule has 0 spiro atoms. The zero-order chi connectivity index (χ0) is 15.4. The summed E-state index contributed by atoms with van der Waals surface area (Å²) in [6, 6.07) is 3.42. The summed E-state index contributed by atoms with van der Waals surface area (Å²) in [5, 5.41) is 0. The molecule has 2 rings (SSSR count). The number of ether oxygens (including phenoxy) is 3. The largest absolute Gasteiger partial charge is 0.493 e. The van der Waals surface area contributed by atoms with Crippen LogP contribution in [0.4, 0.5) is 0 Å². The van der Waals surface area contributed by atoms with E-state index in [9.17, 15) is 4.79 Å². The minimum atomic E-state index is -0.0691. The van der Waals surface area contributed by atoms with Crippen LogP contribution in [0.25, 0.3) is 0 Å². The molecule has 0 aromatic heterocycles. The second-order valence-corrected chi connectivity index (χ2v) is 5.25. The third-order valence-corrected chi connectivity index (χ3v) is 4.16. The quantitative estimate of drug-likeness (QED) is 0.783. The van der Waals surface area contributed by atoms with Gasteiger partial charge in [-0.2, -0.15) is 0 Å². The molecule has 1 aliphatic heterocycles. The van der Waals surface area contributed by atoms with Gasteiger partial charge in [0.2, 0.25) is 5.75 Å². The fraction of sp³-hybridized carbons (Fsp3) is 0.533. The van der Waals surface area contributed by atoms with Gasteiger partial charge in [0.05, 0.1) is 26.9 Å². The average molecular weight is 314 g/mol. The predicted molar refractivity (Wildman–Crippen MR) is 80.8 cm³/mol. The van der Waals surface area contributed by atoms with Crippen molar-refractivity contribution in [1.82, 2.24) is 4.90 Å². The Morgan fingerprint density at radius 3 is 2.48 bits per heavy atom. The lowest BCUT2D eigenvalue weighted by Gasteiger charge is -2.20. The van der Waals surface area contributed by atoms with Crippen molar-refractivity contribution in [2.24, 2.45) is 5.92 Å². The molecule has 21 heavy (non-hydrogen) atoms. The molecule has 0 saturated carbocycles. The third-order valence-electron chi connectivity index (χ3n) is 3.73. The zero-order valence-corrected chi connectivity index (χ0v) is 13.3. The molecule has 1 amide bonds. The van der Waals surface area contributed by atoms with Crippen LogP contribution < -0.4 is 14.2 Å². The van der Waals surface area contributed by atoms with E-state index < -0.39 is 0 Å². The summed E-state index contributed by atoms with van der Waals surface area (Å²) < 4.78 is 15.9. The third kappa shape index (κ3) is 3.02. The molecule has 1 unspecified atom stereocenters. The normalized spacial score (nSPS) is 17.7. The number of benzene rings is 1. The maximum atomic E-state index is 12.7. The zero-order valence-electron chi connectivity index (χ0n) is 12.5. The number of rotatable bonds is 5. The first-order valence-corrected chi connectivity index (χ1v) is 7.33. The smallest absolute Gasteiger partial charge is 0.257 e. The Balaban J connectivity index is 2.33. The Hall–Kier alpha value is -1.62. The van der Waals surface area contributed by atoms with Crippen molar-refractivity contribution in [2.75, 3.05) is 40.3 Å². The molecule has 1 aliphatic rings. The molecule has 1 heterocycles. The summed E-state index contributed by atoms with van der Waals surface area (Å²) in [6.45, 7) is 1.40. The molecule has 6 heteroatoms. The monoisotopic (exact) mass is 313 g/mol. The number of hydrogen-bond donors (Lipinski definition) is 0. The highest BCUT2D eigenvalue weighted by Gasteiger charge is 2.29. The van der Waals surface area contributed by atoms with Crippen LogP contribution in [0.2, 0.25) is 0 Å². The van der Waals surface area contributed by atoms with Gasteiger partial charge in [-0.05, 0) is 24.5 Å². The van der Waals surface area contributed by atoms with E-state index in [4.69, 9.17) is 25.8 Å². The highest BCUT2D eigenvalue weighted by molar-refractivity contribution is 6.18. The Labute approximate surface area is 129 Å². The van der Waals surface area contributed by atoms with Crippen molar-refractivity contribution < 1.29 is 19.0 Å². The number of carbonyl (C=O) groups excluding carboxylic acids is 1. The van der Waals surface area contributed by atoms with Gasteiger partial charge in [-0.15, -0.1) is 11.6 Å². The van der Waals surface area contributed by atoms with Crippen molar-refractivity contribution in [3.05, 3.63) is 17.7 Å². The molecule has 0 N–H and O–H groups in total. The van der Waals surface area contributed by atoms with E-state index in [1.54, 1.807) is 24.1 Å². The van der Waals surface area contributed by atoms with E-state index in [0.717, 1.165) is 6.42 Å². The Bertz CT molecular complexity index is 521. The number of alkyl halides is 1. The maximum absolute atomic E-state index is 12.7. The SMILES string of the molecule is COc1ccc(C(=O)N2CCC(CCl)C2)c(OC)c1OC. The van der Waals surface area contributed by atoms with E-state index in [1.807, 2.05) is 0 Å². The van der Waals surface area contributed by atoms with Crippen LogP contribution in [0.3, 0.4) is 0 Å². The van der Waals surface area contributed by atoms with Crippen molar-refractivity contribution in [2.45, 2.75) is 6.42 Å². The summed E-state index contributed by atoms with van der Waals surface area (Å²) >= 11 is 5.87. The fourth-order valence-electron chi connectivity index (χ4n) is 2.58. The summed E-state index contributed by atoms with van der Waals surface area (Å²) in [6.07, 6.45) is 0.935. The molecule has 1 fully saturated rings. The van der Waals surface area contributed by atoms with Crippen molar-refractivity contribution in [3.8, 4) is 17.2 Å². The number of hydrogen-bond acceptors (Lipinski definition) is 4. The predicted octanol–water partition coefficient (Wildman–Crippen LogP) is 2.41. The molecule has 0 bridgehead atoms. The topological polar surface area (TPSA) is 48.0 Å². The van der Waals surface area contributed by atoms with Gasteiger partial charge in [-0.1, -0.05) is 0 Å². The summed E-state index contributed by atoms with van der Waals surface area (Å²) in [7, 11) is 4.58. The van der Waals surface area contributed by atoms with Gasteiger partial charge in [0.1, 0.15) is 0 Å². The van der Waals surface area contributed by atoms with Crippen LogP contribution in [0.5, 0.6) is 17.2 Å². The molecule has 1 atom stereocenters. The van der Waals surface area contributed by atoms with E-state index in [-0.39, 0.29) is 5.91 Å². The molecule has 5 nitrogen and oxygen atoms in total. The lowest BCUT2D eigenvalue weighted by Crippen LogP contribution is -2.29. The molecule has 1 aromatic carbocycles. The highest BCUT2D eigenvalue weighted by atomic mass is 35.5. The van der Waals surface area contributed by atoms with Crippen LogP contribution in [-0.2, 0) is 0 Å². The van der Waals surface area contributed by atoms with Crippen molar-refractivity contribution in [3.63, 3.8) is 0 Å². The van der Waals surface area contributed by atoms with E-state index in [0.29, 0.717) is 47.7 Å². The molecule has 1 saturated heterocycles. The van der Waals surface area contributed by atoms with E-state index in [1.165, 1.54) is 14.2 Å². The van der Waals surface area contributed by atoms with Crippen LogP contribution in [0, 0.1) is 5.92 Å². The van der Waals surface area contributed by atoms with Gasteiger partial charge < -0.3 is 19.1 Å². The first-order valence-electron chi connectivity index (χ1n) is 6.80. The number of halogens is 1. The van der Waals surface area contributed by atoms with Gasteiger partial charge >= 0.3 is 0 Å². The Morgan fingerprint density at radius 2 is 1.95 bits per heavy atom. The number of carbonyl (C=O) groups is 1. The van der Waals surface area contributed by atoms with Crippen LogP contribution in [0.1, 0.15) is 16.8 Å². The second-order valence-electron chi connectivity index (χ2n) is 4.94. The first kappa shape index (κ1) is 15.8. The molecule has 116 valence electrons. The lowest BCUT2D eigenvalue weighted by atomic mass is 10.1. The second kappa shape index (κ2) is 6.89. The standard InChI is InChI=1S/C15H20ClNO4/c1-19-12-5-4-11(13(20-2)14(12)21-3)15(18)17-7-6-10(8-16)9-17/h4-5,10H,6-9H2,1-3H3. The van der Waals surface area contributed by atoms with E-state index >= 15 is 0 Å². The lowest BCUT2D eigenvalue weighted by molar-refractivity contribution is 0.0784. The van der Waals surface area contributed by atoms with Gasteiger partial charge in [-0.25, -0.2) is 0 Å². The number of amides is 1. The molecular formula is C15H20ClNO4. The van der Waals surface area contributed by atoms with Crippen LogP contribution >= 0.6 is 11.6 Å². The van der Waals surface area contributed by atoms with Crippen LogP contribution in [-0.4, -0.2) is 51.1 Å². The summed E-state index contributed by atoms with van der Waals surface area (Å²) in [4.78, 5) is 14.5. The molecule has 1 aromatic rings. The van der Waals surface area contributed by atoms with Crippen molar-refractivity contribution >= 4 is 17.5 Å². The van der Waals surface area contributed by atoms with Crippen LogP contribution in [0.15, 0.2) is 12.1 Å². The molecular weight excluding hydrogens is 294 g/mol. The van der Waals surface area contributed by atoms with Gasteiger partial charge in [0, 0.05) is 19.0 Å². The summed E-state index contributed by atoms with van der Waals surface area (Å²) in [5.41, 5.74) is 0.477. The summed E-state index contributed by atoms with van der Waals surface area (Å²) in [5.74, 6) is 2.23. The number of likely N-dealkylation sites (tertiary alicyclic amines) is 1. The Kier molecular flexibility index (Phi) is 5.17.